The van der Waals surface area contributed by atoms with Gasteiger partial charge in [0.1, 0.15) is 23.2 Å². The third-order valence-electron chi connectivity index (χ3n) is 9.00. The minimum absolute atomic E-state index is 0.0312. The van der Waals surface area contributed by atoms with Gasteiger partial charge in [-0.2, -0.15) is 10.5 Å². The molecule has 0 bridgehead atoms. The molecule has 4 aliphatic carbocycles. The van der Waals surface area contributed by atoms with Crippen LogP contribution in [0.2, 0.25) is 0 Å². The predicted octanol–water partition coefficient (Wildman–Crippen LogP) is 8.96. The Morgan fingerprint density at radius 2 is 1.41 bits per heavy atom. The SMILES string of the molecule is [C-]#[N+]C(C#N)=Nc1cc2c(s1)C1=C(c3sc4cc(N=C(C#N)C#N)sc4c3C13CCCCC3)C21CCCCC1. The van der Waals surface area contributed by atoms with E-state index in [9.17, 15) is 15.8 Å². The standard InChI is InChI=1S/C30H22N6S3/c1-34-20(16-33)36-21-12-18-26(38-21)23-24(29(18)8-4-2-5-9-29)28-25(30(23)10-6-3-7-11-30)27-19(37-28)13-22(39-27)35-17(14-31)15-32/h12-13H,2-11H2. The van der Waals surface area contributed by atoms with Gasteiger partial charge in [0.05, 0.1) is 4.70 Å². The smallest absolute Gasteiger partial charge is 0.350 e. The van der Waals surface area contributed by atoms with Crippen molar-refractivity contribution in [1.29, 1.82) is 15.8 Å². The van der Waals surface area contributed by atoms with E-state index < -0.39 is 0 Å². The summed E-state index contributed by atoms with van der Waals surface area (Å²) in [5.74, 6) is -0.109. The lowest BCUT2D eigenvalue weighted by atomic mass is 9.67. The Balaban J connectivity index is 1.49. The molecule has 0 aliphatic heterocycles. The number of amidine groups is 1. The maximum absolute atomic E-state index is 9.36. The molecule has 190 valence electrons. The van der Waals surface area contributed by atoms with E-state index >= 15 is 0 Å². The van der Waals surface area contributed by atoms with Crippen molar-refractivity contribution < 1.29 is 0 Å². The van der Waals surface area contributed by atoms with Gasteiger partial charge in [-0.3, -0.25) is 0 Å². The maximum Gasteiger partial charge on any atom is 0.350 e. The van der Waals surface area contributed by atoms with Crippen molar-refractivity contribution in [2.75, 3.05) is 0 Å². The molecule has 7 rings (SSSR count). The molecule has 3 aromatic rings. The van der Waals surface area contributed by atoms with E-state index in [0.29, 0.717) is 0 Å². The van der Waals surface area contributed by atoms with Gasteiger partial charge < -0.3 is 4.85 Å². The molecule has 0 unspecified atom stereocenters. The maximum atomic E-state index is 9.36. The number of nitriles is 3. The second kappa shape index (κ2) is 8.97. The first-order valence-electron chi connectivity index (χ1n) is 13.3. The summed E-state index contributed by atoms with van der Waals surface area (Å²) >= 11 is 5.15. The Bertz CT molecular complexity index is 1790. The normalized spacial score (nSPS) is 20.2. The van der Waals surface area contributed by atoms with Gasteiger partial charge in [0.2, 0.25) is 10.7 Å². The number of allylic oxidation sites excluding steroid dienone is 2. The Kier molecular flexibility index (Phi) is 5.62. The van der Waals surface area contributed by atoms with Crippen LogP contribution in [0.15, 0.2) is 22.1 Å². The van der Waals surface area contributed by atoms with Crippen molar-refractivity contribution in [1.82, 2.24) is 0 Å². The van der Waals surface area contributed by atoms with Crippen LogP contribution in [0, 0.1) is 40.6 Å². The van der Waals surface area contributed by atoms with Gasteiger partial charge in [-0.05, 0) is 54.0 Å². The summed E-state index contributed by atoms with van der Waals surface area (Å²) in [6, 6.07) is 9.98. The van der Waals surface area contributed by atoms with Crippen molar-refractivity contribution in [3.63, 3.8) is 0 Å². The topological polar surface area (TPSA) is 100 Å². The van der Waals surface area contributed by atoms with Crippen molar-refractivity contribution in [3.8, 4) is 18.2 Å². The lowest BCUT2D eigenvalue weighted by Crippen LogP contribution is -2.28. The second-order valence-electron chi connectivity index (χ2n) is 10.8. The summed E-state index contributed by atoms with van der Waals surface area (Å²) in [4.78, 5) is 14.9. The number of hydrogen-bond donors (Lipinski definition) is 0. The lowest BCUT2D eigenvalue weighted by Gasteiger charge is -2.37. The van der Waals surface area contributed by atoms with E-state index in [1.807, 2.05) is 29.5 Å². The fourth-order valence-corrected chi connectivity index (χ4v) is 11.7. The quantitative estimate of drug-likeness (QED) is 0.177. The summed E-state index contributed by atoms with van der Waals surface area (Å²) in [5.41, 5.74) is 5.70. The number of rotatable bonds is 2. The highest BCUT2D eigenvalue weighted by atomic mass is 32.1. The molecule has 0 amide bonds. The van der Waals surface area contributed by atoms with Gasteiger partial charge in [-0.15, -0.1) is 22.7 Å². The predicted molar refractivity (Wildman–Crippen MR) is 158 cm³/mol. The number of fused-ring (bicyclic) bond motifs is 10. The van der Waals surface area contributed by atoms with Gasteiger partial charge in [-0.1, -0.05) is 61.4 Å². The molecule has 9 heteroatoms. The van der Waals surface area contributed by atoms with E-state index in [4.69, 9.17) is 6.57 Å². The first kappa shape index (κ1) is 24.4. The molecule has 2 saturated carbocycles. The Morgan fingerprint density at radius 3 is 2.05 bits per heavy atom. The van der Waals surface area contributed by atoms with Gasteiger partial charge in [0, 0.05) is 31.4 Å². The summed E-state index contributed by atoms with van der Waals surface area (Å²) in [6.45, 7) is 7.33. The molecular weight excluding hydrogens is 541 g/mol. The monoisotopic (exact) mass is 562 g/mol. The molecule has 2 spiro atoms. The first-order valence-corrected chi connectivity index (χ1v) is 15.8. The highest BCUT2D eigenvalue weighted by Gasteiger charge is 2.59. The molecule has 39 heavy (non-hydrogen) atoms. The highest BCUT2D eigenvalue weighted by Crippen LogP contribution is 2.73. The number of aliphatic imine (C=N–C) groups is 2. The first-order chi connectivity index (χ1) is 19.1. The molecule has 0 saturated heterocycles. The molecule has 4 aliphatic rings. The van der Waals surface area contributed by atoms with Crippen LogP contribution >= 0.6 is 34.0 Å². The van der Waals surface area contributed by atoms with Crippen molar-refractivity contribution in [3.05, 3.63) is 44.4 Å². The third-order valence-corrected chi connectivity index (χ3v) is 12.4. The second-order valence-corrected chi connectivity index (χ2v) is 13.9. The van der Waals surface area contributed by atoms with E-state index in [2.05, 4.69) is 27.0 Å². The van der Waals surface area contributed by atoms with Crippen molar-refractivity contribution >= 4 is 76.1 Å². The highest BCUT2D eigenvalue weighted by molar-refractivity contribution is 7.30. The van der Waals surface area contributed by atoms with E-state index in [0.717, 1.165) is 35.7 Å². The number of hydrogen-bond acceptors (Lipinski definition) is 8. The average molecular weight is 563 g/mol. The average Bonchev–Trinajstić information content (AvgIpc) is 3.73. The Morgan fingerprint density at radius 1 is 0.769 bits per heavy atom. The van der Waals surface area contributed by atoms with Gasteiger partial charge in [0.15, 0.2) is 0 Å². The van der Waals surface area contributed by atoms with Crippen LogP contribution in [0.25, 0.3) is 25.4 Å². The number of nitrogens with zero attached hydrogens (tertiary/aromatic N) is 6. The van der Waals surface area contributed by atoms with Crippen LogP contribution in [0.1, 0.15) is 85.1 Å². The number of thiophene rings is 3. The fraction of sp³-hybridized carbons (Fsp3) is 0.400. The zero-order chi connectivity index (χ0) is 26.8. The summed E-state index contributed by atoms with van der Waals surface area (Å²) in [7, 11) is 0. The van der Waals surface area contributed by atoms with Crippen LogP contribution in [-0.2, 0) is 10.8 Å². The van der Waals surface area contributed by atoms with Crippen LogP contribution < -0.4 is 0 Å². The van der Waals surface area contributed by atoms with E-state index in [1.54, 1.807) is 28.2 Å². The molecule has 0 atom stereocenters. The molecular formula is C30H22N6S3. The fourth-order valence-electron chi connectivity index (χ4n) is 7.61. The molecule has 0 N–H and O–H groups in total. The zero-order valence-corrected chi connectivity index (χ0v) is 23.6. The molecule has 0 radical (unpaired) electrons. The van der Waals surface area contributed by atoms with Crippen molar-refractivity contribution in [2.45, 2.75) is 75.0 Å². The minimum Gasteiger partial charge on any atom is -0.351 e. The largest absolute Gasteiger partial charge is 0.351 e. The molecule has 0 aromatic carbocycles. The van der Waals surface area contributed by atoms with E-state index in [1.165, 1.54) is 74.4 Å². The lowest BCUT2D eigenvalue weighted by molar-refractivity contribution is 0.374. The van der Waals surface area contributed by atoms with Crippen LogP contribution in [0.3, 0.4) is 0 Å². The Labute approximate surface area is 238 Å². The van der Waals surface area contributed by atoms with E-state index in [-0.39, 0.29) is 22.4 Å². The van der Waals surface area contributed by atoms with Gasteiger partial charge in [0.25, 0.3) is 0 Å². The summed E-state index contributed by atoms with van der Waals surface area (Å²) in [6.07, 6.45) is 11.7. The minimum atomic E-state index is -0.109. The van der Waals surface area contributed by atoms with Crippen LogP contribution in [-0.4, -0.2) is 11.5 Å². The third kappa shape index (κ3) is 3.31. The van der Waals surface area contributed by atoms with Gasteiger partial charge in [-0.25, -0.2) is 10.3 Å². The molecule has 3 heterocycles. The van der Waals surface area contributed by atoms with Crippen molar-refractivity contribution in [2.24, 2.45) is 9.98 Å². The summed E-state index contributed by atoms with van der Waals surface area (Å²) < 4.78 is 2.47. The molecule has 3 aromatic heterocycles. The van der Waals surface area contributed by atoms with Crippen LogP contribution in [0.5, 0.6) is 0 Å². The van der Waals surface area contributed by atoms with Crippen LogP contribution in [0.4, 0.5) is 10.0 Å². The summed E-state index contributed by atoms with van der Waals surface area (Å²) in [5, 5.41) is 29.4. The Hall–Kier alpha value is -3.60. The zero-order valence-electron chi connectivity index (χ0n) is 21.1. The van der Waals surface area contributed by atoms with Gasteiger partial charge >= 0.3 is 5.84 Å². The molecule has 6 nitrogen and oxygen atoms in total. The molecule has 2 fully saturated rings.